The Morgan fingerprint density at radius 2 is 1.76 bits per heavy atom. The van der Waals surface area contributed by atoms with Crippen molar-refractivity contribution >= 4 is 16.8 Å². The molecule has 7 nitrogen and oxygen atoms in total. The number of aromatic nitrogens is 3. The van der Waals surface area contributed by atoms with E-state index in [2.05, 4.69) is 20.6 Å². The van der Waals surface area contributed by atoms with E-state index in [1.807, 2.05) is 50.2 Å². The van der Waals surface area contributed by atoms with Crippen LogP contribution in [0.15, 0.2) is 54.9 Å². The number of pyridine rings is 1. The average molecular weight is 500 g/mol. The normalized spacial score (nSPS) is 15.2. The van der Waals surface area contributed by atoms with Gasteiger partial charge in [0, 0.05) is 22.2 Å². The van der Waals surface area contributed by atoms with Gasteiger partial charge in [-0.1, -0.05) is 12.1 Å². The average Bonchev–Trinajstić information content (AvgIpc) is 3.63. The summed E-state index contributed by atoms with van der Waals surface area (Å²) in [5.41, 5.74) is 4.30. The van der Waals surface area contributed by atoms with Crippen LogP contribution in [0.4, 0.5) is 4.39 Å². The Bertz CT molecular complexity index is 1440. The van der Waals surface area contributed by atoms with Crippen molar-refractivity contribution in [2.75, 3.05) is 20.2 Å². The van der Waals surface area contributed by atoms with E-state index < -0.39 is 11.4 Å². The van der Waals surface area contributed by atoms with Crippen LogP contribution in [0, 0.1) is 19.7 Å². The van der Waals surface area contributed by atoms with Crippen LogP contribution in [-0.2, 0) is 5.54 Å². The second-order valence-electron chi connectivity index (χ2n) is 9.59. The molecule has 0 atom stereocenters. The first-order chi connectivity index (χ1) is 17.9. The molecule has 0 bridgehead atoms. The Hall–Kier alpha value is -3.91. The molecule has 2 aromatic carbocycles. The van der Waals surface area contributed by atoms with E-state index in [0.717, 1.165) is 58.5 Å². The smallest absolute Gasteiger partial charge is 0.252 e. The lowest BCUT2D eigenvalue weighted by Crippen LogP contribution is -2.35. The summed E-state index contributed by atoms with van der Waals surface area (Å²) in [4.78, 5) is 26.3. The summed E-state index contributed by atoms with van der Waals surface area (Å²) >= 11 is 0. The number of amides is 1. The Labute approximate surface area is 215 Å². The summed E-state index contributed by atoms with van der Waals surface area (Å²) in [6, 6.07) is 13.4. The van der Waals surface area contributed by atoms with Crippen LogP contribution in [0.2, 0.25) is 0 Å². The third kappa shape index (κ3) is 5.29. The highest BCUT2D eigenvalue weighted by atomic mass is 19.1. The highest BCUT2D eigenvalue weighted by Crippen LogP contribution is 2.49. The quantitative estimate of drug-likeness (QED) is 0.408. The molecule has 1 amide bonds. The van der Waals surface area contributed by atoms with Gasteiger partial charge in [0.2, 0.25) is 0 Å². The van der Waals surface area contributed by atoms with Gasteiger partial charge in [-0.2, -0.15) is 0 Å². The van der Waals surface area contributed by atoms with E-state index in [1.165, 1.54) is 19.5 Å². The number of methoxy groups -OCH3 is 1. The second-order valence-corrected chi connectivity index (χ2v) is 9.59. The highest BCUT2D eigenvalue weighted by molar-refractivity contribution is 5.98. The first-order valence-electron chi connectivity index (χ1n) is 12.5. The van der Waals surface area contributed by atoms with E-state index in [4.69, 9.17) is 9.72 Å². The maximum absolute atomic E-state index is 13.4. The van der Waals surface area contributed by atoms with Gasteiger partial charge in [0.05, 0.1) is 30.6 Å². The molecule has 2 aromatic heterocycles. The van der Waals surface area contributed by atoms with Crippen molar-refractivity contribution in [2.45, 2.75) is 38.6 Å². The molecule has 1 aliphatic carbocycles. The van der Waals surface area contributed by atoms with Gasteiger partial charge in [-0.3, -0.25) is 9.78 Å². The SMILES string of the molecule is C1CNC1.COc1ccc(C)c(C(=O)NC2(c3cc(-c4ncc(F)cn4)cc4nc(C)ccc34)CC2)c1. The minimum atomic E-state index is -0.516. The molecule has 190 valence electrons. The number of hydrogen-bond donors (Lipinski definition) is 2. The van der Waals surface area contributed by atoms with Gasteiger partial charge in [0.15, 0.2) is 11.6 Å². The lowest BCUT2D eigenvalue weighted by Gasteiger charge is -2.22. The summed E-state index contributed by atoms with van der Waals surface area (Å²) in [7, 11) is 1.58. The molecule has 37 heavy (non-hydrogen) atoms. The molecule has 0 unspecified atom stereocenters. The topological polar surface area (TPSA) is 89.0 Å². The van der Waals surface area contributed by atoms with Crippen LogP contribution in [0.25, 0.3) is 22.3 Å². The van der Waals surface area contributed by atoms with Gasteiger partial charge in [0.1, 0.15) is 5.75 Å². The molecule has 0 spiro atoms. The van der Waals surface area contributed by atoms with Crippen molar-refractivity contribution in [2.24, 2.45) is 0 Å². The van der Waals surface area contributed by atoms with Crippen LogP contribution in [-0.4, -0.2) is 41.1 Å². The number of hydrogen-bond acceptors (Lipinski definition) is 6. The summed E-state index contributed by atoms with van der Waals surface area (Å²) in [5, 5.41) is 7.34. The Kier molecular flexibility index (Phi) is 6.84. The lowest BCUT2D eigenvalue weighted by molar-refractivity contribution is 0.0930. The maximum Gasteiger partial charge on any atom is 0.252 e. The number of carbonyl (C=O) groups excluding carboxylic acids is 1. The van der Waals surface area contributed by atoms with E-state index in [1.54, 1.807) is 13.2 Å². The fourth-order valence-corrected chi connectivity index (χ4v) is 4.34. The Balaban J connectivity index is 0.000000640. The molecule has 3 heterocycles. The third-order valence-electron chi connectivity index (χ3n) is 6.84. The molecule has 6 rings (SSSR count). The van der Waals surface area contributed by atoms with E-state index >= 15 is 0 Å². The van der Waals surface area contributed by atoms with Crippen LogP contribution >= 0.6 is 0 Å². The maximum atomic E-state index is 13.4. The molecule has 1 saturated heterocycles. The summed E-state index contributed by atoms with van der Waals surface area (Å²) in [6.07, 6.45) is 5.29. The standard InChI is InChI=1S/C26H23FN4O2.C3H7N/c1-15-4-6-19(33-3)12-21(15)25(32)31-26(8-9-26)22-10-17(24-28-13-18(27)14-29-24)11-23-20(22)7-5-16(2)30-23;1-2-4-3-1/h4-7,10-14H,8-9H2,1-3H3,(H,31,32);4H,1-3H2. The van der Waals surface area contributed by atoms with Crippen LogP contribution in [0.5, 0.6) is 5.75 Å². The molecule has 1 saturated carbocycles. The predicted molar refractivity (Wildman–Crippen MR) is 141 cm³/mol. The van der Waals surface area contributed by atoms with Crippen molar-refractivity contribution in [1.82, 2.24) is 25.6 Å². The number of nitrogens with zero attached hydrogens (tertiary/aromatic N) is 3. The number of ether oxygens (including phenoxy) is 1. The largest absolute Gasteiger partial charge is 0.497 e. The van der Waals surface area contributed by atoms with Crippen LogP contribution < -0.4 is 15.4 Å². The lowest BCUT2D eigenvalue weighted by atomic mass is 9.95. The molecule has 0 radical (unpaired) electrons. The number of fused-ring (bicyclic) bond motifs is 1. The van der Waals surface area contributed by atoms with Crippen molar-refractivity contribution in [3.63, 3.8) is 0 Å². The first kappa shape index (κ1) is 24.8. The molecule has 4 aromatic rings. The van der Waals surface area contributed by atoms with Crippen molar-refractivity contribution in [3.05, 3.63) is 83.1 Å². The summed E-state index contributed by atoms with van der Waals surface area (Å²) in [5.74, 6) is 0.402. The predicted octanol–water partition coefficient (Wildman–Crippen LogP) is 4.86. The highest BCUT2D eigenvalue weighted by Gasteiger charge is 2.47. The van der Waals surface area contributed by atoms with Crippen molar-refractivity contribution in [3.8, 4) is 17.1 Å². The molecular formula is C29H30FN5O2. The summed E-state index contributed by atoms with van der Waals surface area (Å²) in [6.45, 7) is 6.34. The number of aryl methyl sites for hydroxylation is 2. The molecular weight excluding hydrogens is 469 g/mol. The van der Waals surface area contributed by atoms with Crippen LogP contribution in [0.3, 0.4) is 0 Å². The molecule has 1 aliphatic heterocycles. The Morgan fingerprint density at radius 3 is 2.38 bits per heavy atom. The van der Waals surface area contributed by atoms with Gasteiger partial charge >= 0.3 is 0 Å². The zero-order valence-electron chi connectivity index (χ0n) is 21.3. The fourth-order valence-electron chi connectivity index (χ4n) is 4.34. The third-order valence-corrected chi connectivity index (χ3v) is 6.84. The number of benzene rings is 2. The summed E-state index contributed by atoms with van der Waals surface area (Å²) < 4.78 is 18.7. The number of halogens is 1. The fraction of sp³-hybridized carbons (Fsp3) is 0.310. The first-order valence-corrected chi connectivity index (χ1v) is 12.5. The van der Waals surface area contributed by atoms with Gasteiger partial charge in [-0.05, 0) is 87.7 Å². The Morgan fingerprint density at radius 1 is 1.05 bits per heavy atom. The minimum absolute atomic E-state index is 0.152. The van der Waals surface area contributed by atoms with Crippen molar-refractivity contribution < 1.29 is 13.9 Å². The molecule has 8 heteroatoms. The zero-order valence-corrected chi connectivity index (χ0v) is 21.3. The van der Waals surface area contributed by atoms with Gasteiger partial charge in [-0.25, -0.2) is 14.4 Å². The van der Waals surface area contributed by atoms with E-state index in [-0.39, 0.29) is 5.91 Å². The van der Waals surface area contributed by atoms with Crippen molar-refractivity contribution in [1.29, 1.82) is 0 Å². The van der Waals surface area contributed by atoms with Gasteiger partial charge < -0.3 is 15.4 Å². The van der Waals surface area contributed by atoms with Crippen LogP contribution in [0.1, 0.15) is 46.4 Å². The monoisotopic (exact) mass is 499 g/mol. The van der Waals surface area contributed by atoms with Gasteiger partial charge in [-0.15, -0.1) is 0 Å². The molecule has 2 N–H and O–H groups in total. The zero-order chi connectivity index (χ0) is 26.0. The molecule has 2 fully saturated rings. The number of carbonyl (C=O) groups is 1. The number of rotatable bonds is 5. The van der Waals surface area contributed by atoms with E-state index in [0.29, 0.717) is 17.1 Å². The number of nitrogens with one attached hydrogen (secondary N) is 2. The second kappa shape index (κ2) is 10.2. The van der Waals surface area contributed by atoms with Gasteiger partial charge in [0.25, 0.3) is 5.91 Å². The minimum Gasteiger partial charge on any atom is -0.497 e. The van der Waals surface area contributed by atoms with E-state index in [9.17, 15) is 9.18 Å². The molecule has 2 aliphatic rings.